The lowest BCUT2D eigenvalue weighted by Gasteiger charge is -2.21. The van der Waals surface area contributed by atoms with Gasteiger partial charge in [0.1, 0.15) is 0 Å². The molecule has 2 saturated heterocycles. The molecule has 2 rings (SSSR count). The third kappa shape index (κ3) is 8.11. The van der Waals surface area contributed by atoms with Gasteiger partial charge in [-0.2, -0.15) is 0 Å². The molecule has 6 nitrogen and oxygen atoms in total. The second-order valence-corrected chi connectivity index (χ2v) is 6.97. The van der Waals surface area contributed by atoms with Gasteiger partial charge in [0.15, 0.2) is 5.96 Å². The van der Waals surface area contributed by atoms with Gasteiger partial charge < -0.3 is 20.4 Å². The van der Waals surface area contributed by atoms with Crippen LogP contribution >= 0.6 is 24.0 Å². The number of hydrogen-bond donors (Lipinski definition) is 2. The molecule has 0 bridgehead atoms. The zero-order valence-corrected chi connectivity index (χ0v) is 18.3. The minimum Gasteiger partial charge on any atom is -0.357 e. The molecule has 0 aromatic heterocycles. The normalized spacial score (nSPS) is 22.5. The molecule has 2 N–H and O–H groups in total. The summed E-state index contributed by atoms with van der Waals surface area (Å²) in [5.74, 6) is 1.23. The summed E-state index contributed by atoms with van der Waals surface area (Å²) >= 11 is 0. The number of rotatable bonds is 7. The van der Waals surface area contributed by atoms with Crippen LogP contribution in [0, 0.1) is 0 Å². The highest BCUT2D eigenvalue weighted by atomic mass is 127. The first kappa shape index (κ1) is 22.5. The molecule has 25 heavy (non-hydrogen) atoms. The number of nitrogens with zero attached hydrogens (tertiary/aromatic N) is 3. The third-order valence-corrected chi connectivity index (χ3v) is 5.04. The second-order valence-electron chi connectivity index (χ2n) is 6.97. The van der Waals surface area contributed by atoms with Crippen LogP contribution < -0.4 is 10.6 Å². The van der Waals surface area contributed by atoms with Crippen LogP contribution in [0.3, 0.4) is 0 Å². The van der Waals surface area contributed by atoms with Crippen molar-refractivity contribution in [2.45, 2.75) is 57.9 Å². The number of nitrogens with one attached hydrogen (secondary N) is 2. The van der Waals surface area contributed by atoms with Gasteiger partial charge in [-0.1, -0.05) is 6.42 Å². The lowest BCUT2D eigenvalue weighted by atomic mass is 10.2. The summed E-state index contributed by atoms with van der Waals surface area (Å²) in [4.78, 5) is 21.2. The summed E-state index contributed by atoms with van der Waals surface area (Å²) in [7, 11) is 2.19. The van der Waals surface area contributed by atoms with Crippen LogP contribution in [0.15, 0.2) is 4.99 Å². The van der Waals surface area contributed by atoms with Gasteiger partial charge >= 0.3 is 0 Å². The van der Waals surface area contributed by atoms with E-state index in [1.54, 1.807) is 0 Å². The molecule has 2 aliphatic rings. The van der Waals surface area contributed by atoms with E-state index >= 15 is 0 Å². The first-order valence-corrected chi connectivity index (χ1v) is 9.71. The predicted molar refractivity (Wildman–Crippen MR) is 115 cm³/mol. The number of hydrogen-bond acceptors (Lipinski definition) is 3. The molecular weight excluding hydrogens is 429 g/mol. The number of aliphatic imine (C=N–C) groups is 1. The number of amides is 1. The number of halogens is 1. The van der Waals surface area contributed by atoms with Crippen LogP contribution in [0.2, 0.25) is 0 Å². The van der Waals surface area contributed by atoms with Gasteiger partial charge in [0, 0.05) is 38.6 Å². The van der Waals surface area contributed by atoms with E-state index in [0.29, 0.717) is 11.9 Å². The largest absolute Gasteiger partial charge is 0.357 e. The maximum absolute atomic E-state index is 12.0. The van der Waals surface area contributed by atoms with Gasteiger partial charge in [0.05, 0.1) is 6.54 Å². The second kappa shape index (κ2) is 12.7. The summed E-state index contributed by atoms with van der Waals surface area (Å²) in [5.41, 5.74) is 0. The summed E-state index contributed by atoms with van der Waals surface area (Å²) in [6.07, 6.45) is 7.62. The fraction of sp³-hybridized carbons (Fsp3) is 0.889. The quantitative estimate of drug-likeness (QED) is 0.262. The average molecular weight is 465 g/mol. The molecule has 0 radical (unpaired) electrons. The van der Waals surface area contributed by atoms with E-state index in [4.69, 9.17) is 4.99 Å². The summed E-state index contributed by atoms with van der Waals surface area (Å²) < 4.78 is 0. The smallest absolute Gasteiger partial charge is 0.222 e. The monoisotopic (exact) mass is 465 g/mol. The first-order valence-electron chi connectivity index (χ1n) is 9.71. The standard InChI is InChI=1S/C18H35N5O.HI/c1-3-19-18(21-15-16-9-7-12-22(16)2)20-11-8-14-23-13-6-4-5-10-17(23)24;/h16H,3-15H2,1-2H3,(H2,19,20,21);1H. The Labute approximate surface area is 170 Å². The van der Waals surface area contributed by atoms with Crippen LogP contribution in [-0.2, 0) is 4.79 Å². The maximum Gasteiger partial charge on any atom is 0.222 e. The Morgan fingerprint density at radius 1 is 1.20 bits per heavy atom. The molecule has 2 heterocycles. The van der Waals surface area contributed by atoms with Crippen molar-refractivity contribution >= 4 is 35.8 Å². The van der Waals surface area contributed by atoms with E-state index in [1.165, 1.54) is 25.8 Å². The highest BCUT2D eigenvalue weighted by molar-refractivity contribution is 14.0. The third-order valence-electron chi connectivity index (χ3n) is 5.04. The van der Waals surface area contributed by atoms with Crippen LogP contribution in [-0.4, -0.2) is 74.0 Å². The van der Waals surface area contributed by atoms with Crippen molar-refractivity contribution < 1.29 is 4.79 Å². The highest BCUT2D eigenvalue weighted by Gasteiger charge is 2.20. The van der Waals surface area contributed by atoms with E-state index in [1.807, 2.05) is 4.90 Å². The molecule has 1 atom stereocenters. The van der Waals surface area contributed by atoms with Gasteiger partial charge in [-0.3, -0.25) is 9.79 Å². The van der Waals surface area contributed by atoms with Crippen LogP contribution in [0.25, 0.3) is 0 Å². The molecule has 0 aliphatic carbocycles. The van der Waals surface area contributed by atoms with E-state index in [2.05, 4.69) is 29.5 Å². The SMILES string of the molecule is CCNC(=NCC1CCCN1C)NCCCN1CCCCCC1=O.I. The summed E-state index contributed by atoms with van der Waals surface area (Å²) in [5, 5.41) is 6.73. The highest BCUT2D eigenvalue weighted by Crippen LogP contribution is 2.14. The van der Waals surface area contributed by atoms with Crippen molar-refractivity contribution in [1.29, 1.82) is 0 Å². The molecular formula is C18H36IN5O. The average Bonchev–Trinajstić information content (AvgIpc) is 2.87. The number of likely N-dealkylation sites (tertiary alicyclic amines) is 2. The van der Waals surface area contributed by atoms with Gasteiger partial charge in [-0.25, -0.2) is 0 Å². The topological polar surface area (TPSA) is 60.0 Å². The molecule has 2 fully saturated rings. The summed E-state index contributed by atoms with van der Waals surface area (Å²) in [6, 6.07) is 0.579. The molecule has 2 aliphatic heterocycles. The van der Waals surface area contributed by atoms with Crippen LogP contribution in [0.5, 0.6) is 0 Å². The van der Waals surface area contributed by atoms with Crippen molar-refractivity contribution in [3.05, 3.63) is 0 Å². The van der Waals surface area contributed by atoms with Gasteiger partial charge in [-0.15, -0.1) is 24.0 Å². The van der Waals surface area contributed by atoms with Gasteiger partial charge in [0.25, 0.3) is 0 Å². The minimum absolute atomic E-state index is 0. The fourth-order valence-corrected chi connectivity index (χ4v) is 3.50. The Morgan fingerprint density at radius 3 is 2.76 bits per heavy atom. The minimum atomic E-state index is 0. The Kier molecular flexibility index (Phi) is 11.4. The van der Waals surface area contributed by atoms with Crippen LogP contribution in [0.1, 0.15) is 51.9 Å². The Balaban J connectivity index is 0.00000312. The van der Waals surface area contributed by atoms with E-state index in [9.17, 15) is 4.79 Å². The Morgan fingerprint density at radius 2 is 2.04 bits per heavy atom. The molecule has 7 heteroatoms. The fourth-order valence-electron chi connectivity index (χ4n) is 3.50. The zero-order chi connectivity index (χ0) is 17.2. The number of guanidine groups is 1. The van der Waals surface area contributed by atoms with Crippen molar-refractivity contribution in [3.8, 4) is 0 Å². The first-order chi connectivity index (χ1) is 11.7. The molecule has 0 spiro atoms. The zero-order valence-electron chi connectivity index (χ0n) is 15.9. The molecule has 1 unspecified atom stereocenters. The molecule has 1 amide bonds. The maximum atomic E-state index is 12.0. The summed E-state index contributed by atoms with van der Waals surface area (Å²) in [6.45, 7) is 7.66. The van der Waals surface area contributed by atoms with Crippen molar-refractivity contribution in [2.75, 3.05) is 46.3 Å². The van der Waals surface area contributed by atoms with Gasteiger partial charge in [0.2, 0.25) is 5.91 Å². The van der Waals surface area contributed by atoms with E-state index in [-0.39, 0.29) is 24.0 Å². The predicted octanol–water partition coefficient (Wildman–Crippen LogP) is 2.05. The lowest BCUT2D eigenvalue weighted by molar-refractivity contribution is -0.130. The molecule has 146 valence electrons. The van der Waals surface area contributed by atoms with E-state index in [0.717, 1.165) is 64.4 Å². The Bertz CT molecular complexity index is 418. The number of carbonyl (C=O) groups is 1. The molecule has 0 aromatic carbocycles. The van der Waals surface area contributed by atoms with Gasteiger partial charge in [-0.05, 0) is 52.6 Å². The lowest BCUT2D eigenvalue weighted by Crippen LogP contribution is -2.40. The van der Waals surface area contributed by atoms with Crippen LogP contribution in [0.4, 0.5) is 0 Å². The molecule has 0 aromatic rings. The van der Waals surface area contributed by atoms with Crippen molar-refractivity contribution in [3.63, 3.8) is 0 Å². The molecule has 0 saturated carbocycles. The van der Waals surface area contributed by atoms with Crippen molar-refractivity contribution in [1.82, 2.24) is 20.4 Å². The number of carbonyl (C=O) groups excluding carboxylic acids is 1. The number of likely N-dealkylation sites (N-methyl/N-ethyl adjacent to an activating group) is 1. The van der Waals surface area contributed by atoms with Crippen molar-refractivity contribution in [2.24, 2.45) is 4.99 Å². The van der Waals surface area contributed by atoms with E-state index < -0.39 is 0 Å². The Hall–Kier alpha value is -0.570.